The summed E-state index contributed by atoms with van der Waals surface area (Å²) in [6.07, 6.45) is 5.20. The molecule has 0 fully saturated rings. The molecular formula is C16H12ClN3O. The van der Waals surface area contributed by atoms with Crippen LogP contribution in [0.1, 0.15) is 10.4 Å². The van der Waals surface area contributed by atoms with Crippen molar-refractivity contribution in [2.75, 3.05) is 5.32 Å². The first kappa shape index (κ1) is 13.4. The zero-order chi connectivity index (χ0) is 14.7. The van der Waals surface area contributed by atoms with Gasteiger partial charge in [-0.05, 0) is 30.3 Å². The second-order valence-corrected chi connectivity index (χ2v) is 4.89. The van der Waals surface area contributed by atoms with E-state index in [1.54, 1.807) is 36.8 Å². The number of hydrogen-bond acceptors (Lipinski definition) is 2. The van der Waals surface area contributed by atoms with Crippen LogP contribution in [0.5, 0.6) is 0 Å². The molecule has 2 aromatic carbocycles. The van der Waals surface area contributed by atoms with Gasteiger partial charge in [-0.25, -0.2) is 4.98 Å². The number of hydrogen-bond donors (Lipinski definition) is 1. The van der Waals surface area contributed by atoms with Crippen LogP contribution in [0, 0.1) is 0 Å². The molecule has 0 atom stereocenters. The van der Waals surface area contributed by atoms with E-state index in [1.165, 1.54) is 0 Å². The van der Waals surface area contributed by atoms with Crippen LogP contribution < -0.4 is 5.32 Å². The molecule has 1 heterocycles. The quantitative estimate of drug-likeness (QED) is 0.800. The predicted octanol–water partition coefficient (Wildman–Crippen LogP) is 3.78. The Morgan fingerprint density at radius 1 is 1.14 bits per heavy atom. The largest absolute Gasteiger partial charge is 0.320 e. The maximum Gasteiger partial charge on any atom is 0.255 e. The summed E-state index contributed by atoms with van der Waals surface area (Å²) < 4.78 is 1.84. The van der Waals surface area contributed by atoms with Crippen LogP contribution in [0.3, 0.4) is 0 Å². The summed E-state index contributed by atoms with van der Waals surface area (Å²) >= 11 is 5.91. The zero-order valence-corrected chi connectivity index (χ0v) is 11.8. The lowest BCUT2D eigenvalue weighted by atomic mass is 10.2. The second-order valence-electron chi connectivity index (χ2n) is 4.45. The molecule has 3 aromatic rings. The normalized spacial score (nSPS) is 10.3. The Labute approximate surface area is 127 Å². The topological polar surface area (TPSA) is 46.9 Å². The van der Waals surface area contributed by atoms with E-state index in [9.17, 15) is 4.79 Å². The number of nitrogens with one attached hydrogen (secondary N) is 1. The Hall–Kier alpha value is -2.59. The van der Waals surface area contributed by atoms with Gasteiger partial charge in [-0.1, -0.05) is 29.8 Å². The van der Waals surface area contributed by atoms with Crippen LogP contribution in [-0.4, -0.2) is 15.5 Å². The Morgan fingerprint density at radius 2 is 2.00 bits per heavy atom. The molecule has 1 N–H and O–H groups in total. The standard InChI is InChI=1S/C16H12ClN3O/c17-13-5-3-4-12(10-13)16(21)19-14-6-1-2-7-15(14)20-9-8-18-11-20/h1-11H,(H,19,21). The fourth-order valence-electron chi connectivity index (χ4n) is 2.03. The highest BCUT2D eigenvalue weighted by atomic mass is 35.5. The minimum Gasteiger partial charge on any atom is -0.320 e. The molecule has 1 aromatic heterocycles. The third kappa shape index (κ3) is 2.95. The van der Waals surface area contributed by atoms with Crippen molar-refractivity contribution < 1.29 is 4.79 Å². The van der Waals surface area contributed by atoms with Gasteiger partial charge < -0.3 is 9.88 Å². The maximum atomic E-state index is 12.3. The molecule has 5 heteroatoms. The van der Waals surface area contributed by atoms with Crippen LogP contribution in [0.2, 0.25) is 5.02 Å². The van der Waals surface area contributed by atoms with Crippen molar-refractivity contribution in [3.8, 4) is 5.69 Å². The molecule has 0 saturated carbocycles. The molecule has 0 spiro atoms. The number of anilines is 1. The maximum absolute atomic E-state index is 12.3. The number of amides is 1. The van der Waals surface area contributed by atoms with Gasteiger partial charge in [-0.15, -0.1) is 0 Å². The van der Waals surface area contributed by atoms with Crippen LogP contribution >= 0.6 is 11.6 Å². The number of imidazole rings is 1. The molecule has 0 aliphatic rings. The lowest BCUT2D eigenvalue weighted by Crippen LogP contribution is -2.13. The van der Waals surface area contributed by atoms with Crippen molar-refractivity contribution in [3.63, 3.8) is 0 Å². The molecule has 0 radical (unpaired) electrons. The SMILES string of the molecule is O=C(Nc1ccccc1-n1ccnc1)c1cccc(Cl)c1. The average molecular weight is 298 g/mol. The third-order valence-corrected chi connectivity index (χ3v) is 3.26. The molecule has 104 valence electrons. The average Bonchev–Trinajstić information content (AvgIpc) is 3.02. The van der Waals surface area contributed by atoms with Crippen molar-refractivity contribution in [2.45, 2.75) is 0 Å². The number of carbonyl (C=O) groups is 1. The molecule has 0 aliphatic carbocycles. The van der Waals surface area contributed by atoms with Crippen LogP contribution in [0.25, 0.3) is 5.69 Å². The molecule has 3 rings (SSSR count). The molecule has 0 bridgehead atoms. The zero-order valence-electron chi connectivity index (χ0n) is 11.0. The summed E-state index contributed by atoms with van der Waals surface area (Å²) in [6, 6.07) is 14.4. The lowest BCUT2D eigenvalue weighted by molar-refractivity contribution is 0.102. The molecule has 21 heavy (non-hydrogen) atoms. The second kappa shape index (κ2) is 5.81. The number of halogens is 1. The summed E-state index contributed by atoms with van der Waals surface area (Å²) in [5.41, 5.74) is 2.08. The summed E-state index contributed by atoms with van der Waals surface area (Å²) in [5.74, 6) is -0.204. The summed E-state index contributed by atoms with van der Waals surface area (Å²) in [5, 5.41) is 3.43. The summed E-state index contributed by atoms with van der Waals surface area (Å²) in [4.78, 5) is 16.3. The number of rotatable bonds is 3. The van der Waals surface area contributed by atoms with Crippen molar-refractivity contribution in [2.24, 2.45) is 0 Å². The molecule has 0 aliphatic heterocycles. The van der Waals surface area contributed by atoms with Crippen molar-refractivity contribution in [1.82, 2.24) is 9.55 Å². The van der Waals surface area contributed by atoms with E-state index >= 15 is 0 Å². The first-order chi connectivity index (χ1) is 10.2. The first-order valence-corrected chi connectivity index (χ1v) is 6.76. The van der Waals surface area contributed by atoms with Gasteiger partial charge in [0.15, 0.2) is 0 Å². The van der Waals surface area contributed by atoms with Gasteiger partial charge in [0, 0.05) is 23.0 Å². The van der Waals surface area contributed by atoms with E-state index in [0.717, 1.165) is 5.69 Å². The van der Waals surface area contributed by atoms with Gasteiger partial charge in [0.05, 0.1) is 17.7 Å². The van der Waals surface area contributed by atoms with Crippen molar-refractivity contribution in [1.29, 1.82) is 0 Å². The highest BCUT2D eigenvalue weighted by molar-refractivity contribution is 6.31. The Morgan fingerprint density at radius 3 is 2.76 bits per heavy atom. The molecule has 1 amide bonds. The minimum atomic E-state index is -0.204. The smallest absolute Gasteiger partial charge is 0.255 e. The molecule has 4 nitrogen and oxygen atoms in total. The summed E-state index contributed by atoms with van der Waals surface area (Å²) in [6.45, 7) is 0. The Bertz CT molecular complexity index is 769. The first-order valence-electron chi connectivity index (χ1n) is 6.38. The monoisotopic (exact) mass is 297 g/mol. The third-order valence-electron chi connectivity index (χ3n) is 3.02. The highest BCUT2D eigenvalue weighted by Crippen LogP contribution is 2.21. The highest BCUT2D eigenvalue weighted by Gasteiger charge is 2.10. The summed E-state index contributed by atoms with van der Waals surface area (Å²) in [7, 11) is 0. The lowest BCUT2D eigenvalue weighted by Gasteiger charge is -2.11. The van der Waals surface area contributed by atoms with Gasteiger partial charge in [0.2, 0.25) is 0 Å². The van der Waals surface area contributed by atoms with Crippen LogP contribution in [0.15, 0.2) is 67.3 Å². The van der Waals surface area contributed by atoms with Gasteiger partial charge >= 0.3 is 0 Å². The van der Waals surface area contributed by atoms with E-state index in [2.05, 4.69) is 10.3 Å². The van der Waals surface area contributed by atoms with Gasteiger partial charge in [0.1, 0.15) is 0 Å². The van der Waals surface area contributed by atoms with Gasteiger partial charge in [0.25, 0.3) is 5.91 Å². The van der Waals surface area contributed by atoms with E-state index in [1.807, 2.05) is 35.0 Å². The predicted molar refractivity (Wildman–Crippen MR) is 83.0 cm³/mol. The number of benzene rings is 2. The number of aromatic nitrogens is 2. The van der Waals surface area contributed by atoms with E-state index in [0.29, 0.717) is 16.3 Å². The van der Waals surface area contributed by atoms with Crippen molar-refractivity contribution in [3.05, 3.63) is 77.8 Å². The van der Waals surface area contributed by atoms with Gasteiger partial charge in [-0.2, -0.15) is 0 Å². The van der Waals surface area contributed by atoms with E-state index in [4.69, 9.17) is 11.6 Å². The number of carbonyl (C=O) groups excluding carboxylic acids is 1. The fourth-order valence-corrected chi connectivity index (χ4v) is 2.22. The molecule has 0 unspecified atom stereocenters. The van der Waals surface area contributed by atoms with Gasteiger partial charge in [-0.3, -0.25) is 4.79 Å². The Balaban J connectivity index is 1.90. The van der Waals surface area contributed by atoms with Crippen LogP contribution in [0.4, 0.5) is 5.69 Å². The number of nitrogens with zero attached hydrogens (tertiary/aromatic N) is 2. The van der Waals surface area contributed by atoms with E-state index < -0.39 is 0 Å². The number of para-hydroxylation sites is 2. The van der Waals surface area contributed by atoms with Crippen LogP contribution in [-0.2, 0) is 0 Å². The Kier molecular flexibility index (Phi) is 3.71. The fraction of sp³-hybridized carbons (Fsp3) is 0. The van der Waals surface area contributed by atoms with Crippen molar-refractivity contribution >= 4 is 23.2 Å². The van der Waals surface area contributed by atoms with E-state index in [-0.39, 0.29) is 5.91 Å². The minimum absolute atomic E-state index is 0.204. The molecular weight excluding hydrogens is 286 g/mol. The molecule has 0 saturated heterocycles.